The fraction of sp³-hybridized carbons (Fsp3) is 0.600. The van der Waals surface area contributed by atoms with Crippen LogP contribution in [0.1, 0.15) is 24.8 Å². The summed E-state index contributed by atoms with van der Waals surface area (Å²) in [5.74, 6) is 0. The Labute approximate surface area is 120 Å². The number of ether oxygens (including phenoxy) is 1. The second kappa shape index (κ2) is 7.13. The van der Waals surface area contributed by atoms with Crippen LogP contribution >= 0.6 is 11.6 Å². The second-order valence-corrected chi connectivity index (χ2v) is 5.61. The number of anilines is 1. The van der Waals surface area contributed by atoms with Crippen molar-refractivity contribution in [2.45, 2.75) is 31.8 Å². The van der Waals surface area contributed by atoms with E-state index in [0.29, 0.717) is 6.04 Å². The normalized spacial score (nSPS) is 14.7. The number of nitrogens with one attached hydrogen (secondary N) is 1. The van der Waals surface area contributed by atoms with Gasteiger partial charge in [-0.3, -0.25) is 0 Å². The van der Waals surface area contributed by atoms with E-state index in [4.69, 9.17) is 16.3 Å². The van der Waals surface area contributed by atoms with Gasteiger partial charge in [0.2, 0.25) is 0 Å². The Kier molecular flexibility index (Phi) is 5.49. The third-order valence-corrected chi connectivity index (χ3v) is 3.83. The molecule has 4 heteroatoms. The lowest BCUT2D eigenvalue weighted by atomic mass is 10.2. The van der Waals surface area contributed by atoms with Gasteiger partial charge in [0.25, 0.3) is 0 Å². The second-order valence-electron chi connectivity index (χ2n) is 5.20. The first kappa shape index (κ1) is 14.6. The van der Waals surface area contributed by atoms with Gasteiger partial charge in [-0.1, -0.05) is 17.7 Å². The summed E-state index contributed by atoms with van der Waals surface area (Å²) in [6, 6.07) is 7.04. The van der Waals surface area contributed by atoms with Gasteiger partial charge in [-0.25, -0.2) is 0 Å². The standard InChI is InChI=1S/C15H23ClN2O/c1-18(8-3-9-19-2)14-7-4-12(15(16)10-14)11-17-13-5-6-13/h4,7,10,13,17H,3,5-6,8-9,11H2,1-2H3. The number of hydrogen-bond acceptors (Lipinski definition) is 3. The van der Waals surface area contributed by atoms with Crippen molar-refractivity contribution in [1.29, 1.82) is 0 Å². The lowest BCUT2D eigenvalue weighted by molar-refractivity contribution is 0.196. The molecule has 0 aromatic heterocycles. The fourth-order valence-electron chi connectivity index (χ4n) is 2.03. The highest BCUT2D eigenvalue weighted by molar-refractivity contribution is 6.31. The van der Waals surface area contributed by atoms with Crippen molar-refractivity contribution in [2.24, 2.45) is 0 Å². The molecule has 1 saturated carbocycles. The topological polar surface area (TPSA) is 24.5 Å². The highest BCUT2D eigenvalue weighted by Crippen LogP contribution is 2.25. The molecule has 0 amide bonds. The summed E-state index contributed by atoms with van der Waals surface area (Å²) in [5.41, 5.74) is 2.35. The molecule has 3 nitrogen and oxygen atoms in total. The van der Waals surface area contributed by atoms with Crippen LogP contribution in [0.5, 0.6) is 0 Å². The molecule has 0 aliphatic heterocycles. The zero-order chi connectivity index (χ0) is 13.7. The maximum Gasteiger partial charge on any atom is 0.0479 e. The number of methoxy groups -OCH3 is 1. The van der Waals surface area contributed by atoms with E-state index in [1.165, 1.54) is 18.4 Å². The van der Waals surface area contributed by atoms with Gasteiger partial charge in [-0.2, -0.15) is 0 Å². The Bertz CT molecular complexity index is 407. The molecule has 1 aromatic carbocycles. The van der Waals surface area contributed by atoms with Gasteiger partial charge in [0.15, 0.2) is 0 Å². The number of nitrogens with zero attached hydrogens (tertiary/aromatic N) is 1. The Morgan fingerprint density at radius 1 is 1.42 bits per heavy atom. The minimum atomic E-state index is 0.715. The van der Waals surface area contributed by atoms with E-state index in [1.807, 2.05) is 0 Å². The molecule has 19 heavy (non-hydrogen) atoms. The van der Waals surface area contributed by atoms with Crippen LogP contribution in [-0.4, -0.2) is 33.4 Å². The van der Waals surface area contributed by atoms with Crippen molar-refractivity contribution < 1.29 is 4.74 Å². The Balaban J connectivity index is 1.88. The van der Waals surface area contributed by atoms with Crippen molar-refractivity contribution in [3.05, 3.63) is 28.8 Å². The first-order valence-corrected chi connectivity index (χ1v) is 7.30. The third kappa shape index (κ3) is 4.68. The molecule has 0 atom stereocenters. The van der Waals surface area contributed by atoms with E-state index >= 15 is 0 Å². The van der Waals surface area contributed by atoms with Crippen molar-refractivity contribution in [3.8, 4) is 0 Å². The smallest absolute Gasteiger partial charge is 0.0479 e. The summed E-state index contributed by atoms with van der Waals surface area (Å²) < 4.78 is 5.07. The molecule has 0 heterocycles. The van der Waals surface area contributed by atoms with Crippen LogP contribution in [0.25, 0.3) is 0 Å². The zero-order valence-corrected chi connectivity index (χ0v) is 12.5. The average Bonchev–Trinajstić information content (AvgIpc) is 3.21. The molecule has 0 bridgehead atoms. The predicted octanol–water partition coefficient (Wildman–Crippen LogP) is 3.06. The van der Waals surface area contributed by atoms with Crippen LogP contribution < -0.4 is 10.2 Å². The zero-order valence-electron chi connectivity index (χ0n) is 11.8. The van der Waals surface area contributed by atoms with Crippen LogP contribution in [0.4, 0.5) is 5.69 Å². The van der Waals surface area contributed by atoms with Gasteiger partial charge in [0.05, 0.1) is 0 Å². The van der Waals surface area contributed by atoms with Gasteiger partial charge in [0, 0.05) is 50.6 Å². The molecule has 106 valence electrons. The van der Waals surface area contributed by atoms with Gasteiger partial charge < -0.3 is 15.0 Å². The van der Waals surface area contributed by atoms with Gasteiger partial charge in [-0.15, -0.1) is 0 Å². The molecule has 0 radical (unpaired) electrons. The molecule has 1 N–H and O–H groups in total. The summed E-state index contributed by atoms with van der Waals surface area (Å²) in [6.45, 7) is 2.64. The van der Waals surface area contributed by atoms with E-state index in [1.54, 1.807) is 7.11 Å². The number of benzene rings is 1. The molecule has 0 spiro atoms. The molecule has 2 rings (SSSR count). The first-order chi connectivity index (χ1) is 9.20. The van der Waals surface area contributed by atoms with Crippen LogP contribution in [-0.2, 0) is 11.3 Å². The fourth-order valence-corrected chi connectivity index (χ4v) is 2.28. The maximum absolute atomic E-state index is 6.35. The van der Waals surface area contributed by atoms with Crippen LogP contribution in [0.3, 0.4) is 0 Å². The molecule has 1 aromatic rings. The molecular formula is C15H23ClN2O. The predicted molar refractivity (Wildman–Crippen MR) is 81.1 cm³/mol. The van der Waals surface area contributed by atoms with Crippen molar-refractivity contribution in [3.63, 3.8) is 0 Å². The van der Waals surface area contributed by atoms with Gasteiger partial charge in [-0.05, 0) is 37.0 Å². The van der Waals surface area contributed by atoms with E-state index in [9.17, 15) is 0 Å². The van der Waals surface area contributed by atoms with Gasteiger partial charge >= 0.3 is 0 Å². The molecular weight excluding hydrogens is 260 g/mol. The average molecular weight is 283 g/mol. The largest absolute Gasteiger partial charge is 0.385 e. The number of hydrogen-bond donors (Lipinski definition) is 1. The minimum absolute atomic E-state index is 0.715. The SMILES string of the molecule is COCCCN(C)c1ccc(CNC2CC2)c(Cl)c1. The van der Waals surface area contributed by atoms with E-state index in [0.717, 1.165) is 36.8 Å². The minimum Gasteiger partial charge on any atom is -0.385 e. The molecule has 1 fully saturated rings. The van der Waals surface area contributed by atoms with Crippen molar-refractivity contribution in [2.75, 3.05) is 32.2 Å². The van der Waals surface area contributed by atoms with Crippen molar-refractivity contribution >= 4 is 17.3 Å². The van der Waals surface area contributed by atoms with E-state index < -0.39 is 0 Å². The Morgan fingerprint density at radius 2 is 2.21 bits per heavy atom. The lowest BCUT2D eigenvalue weighted by Crippen LogP contribution is -2.20. The quantitative estimate of drug-likeness (QED) is 0.742. The molecule has 1 aliphatic rings. The molecule has 0 unspecified atom stereocenters. The number of halogens is 1. The Hall–Kier alpha value is -0.770. The highest BCUT2D eigenvalue weighted by atomic mass is 35.5. The number of rotatable bonds is 8. The summed E-state index contributed by atoms with van der Waals surface area (Å²) in [7, 11) is 3.82. The lowest BCUT2D eigenvalue weighted by Gasteiger charge is -2.20. The van der Waals surface area contributed by atoms with Crippen molar-refractivity contribution in [1.82, 2.24) is 5.32 Å². The first-order valence-electron chi connectivity index (χ1n) is 6.92. The summed E-state index contributed by atoms with van der Waals surface area (Å²) in [5, 5.41) is 4.34. The molecule has 0 saturated heterocycles. The third-order valence-electron chi connectivity index (χ3n) is 3.48. The van der Waals surface area contributed by atoms with Crippen LogP contribution in [0.15, 0.2) is 18.2 Å². The summed E-state index contributed by atoms with van der Waals surface area (Å²) >= 11 is 6.35. The summed E-state index contributed by atoms with van der Waals surface area (Å²) in [4.78, 5) is 2.21. The van der Waals surface area contributed by atoms with Crippen LogP contribution in [0, 0.1) is 0 Å². The van der Waals surface area contributed by atoms with E-state index in [-0.39, 0.29) is 0 Å². The van der Waals surface area contributed by atoms with Gasteiger partial charge in [0.1, 0.15) is 0 Å². The van der Waals surface area contributed by atoms with Crippen LogP contribution in [0.2, 0.25) is 5.02 Å². The van der Waals surface area contributed by atoms with E-state index in [2.05, 4.69) is 35.5 Å². The Morgan fingerprint density at radius 3 is 2.84 bits per heavy atom. The highest BCUT2D eigenvalue weighted by Gasteiger charge is 2.20. The summed E-state index contributed by atoms with van der Waals surface area (Å²) in [6.07, 6.45) is 3.63. The molecule has 1 aliphatic carbocycles. The maximum atomic E-state index is 6.35. The monoisotopic (exact) mass is 282 g/mol.